The number of likely N-dealkylation sites (tertiary alicyclic amines) is 2. The number of benzene rings is 1. The Morgan fingerprint density at radius 2 is 1.86 bits per heavy atom. The van der Waals surface area contributed by atoms with Crippen molar-refractivity contribution in [3.63, 3.8) is 0 Å². The zero-order valence-corrected chi connectivity index (χ0v) is 21.9. The molecule has 0 bridgehead atoms. The van der Waals surface area contributed by atoms with Crippen molar-refractivity contribution in [2.24, 2.45) is 0 Å². The van der Waals surface area contributed by atoms with E-state index < -0.39 is 5.41 Å². The van der Waals surface area contributed by atoms with Crippen molar-refractivity contribution in [1.82, 2.24) is 25.1 Å². The number of nitrogens with zero attached hydrogens (tertiary/aromatic N) is 4. The van der Waals surface area contributed by atoms with Crippen molar-refractivity contribution in [2.45, 2.75) is 44.2 Å². The molecule has 2 fully saturated rings. The molecule has 1 amide bonds. The first-order chi connectivity index (χ1) is 18.1. The molecule has 4 heterocycles. The second kappa shape index (κ2) is 11.4. The van der Waals surface area contributed by atoms with Gasteiger partial charge < -0.3 is 15.0 Å². The molecule has 0 spiro atoms. The summed E-state index contributed by atoms with van der Waals surface area (Å²) >= 11 is 0. The van der Waals surface area contributed by atoms with Crippen molar-refractivity contribution in [3.05, 3.63) is 78.1 Å². The van der Waals surface area contributed by atoms with Gasteiger partial charge in [0.05, 0.1) is 23.3 Å². The molecule has 194 valence electrons. The molecule has 0 saturated carbocycles. The fourth-order valence-electron chi connectivity index (χ4n) is 5.63. The molecule has 5 rings (SSSR count). The SMILES string of the molecule is CCOc1ncccc1-c1ccc(C2(C(=O)N[C@H]3CCN(C)C3)CCN(Cc3ccccc3)CC2)cn1. The van der Waals surface area contributed by atoms with Gasteiger partial charge in [0.1, 0.15) is 0 Å². The third kappa shape index (κ3) is 5.68. The number of pyridine rings is 2. The zero-order chi connectivity index (χ0) is 25.7. The average molecular weight is 500 g/mol. The number of carbonyl (C=O) groups excluding carboxylic acids is 1. The van der Waals surface area contributed by atoms with Crippen LogP contribution in [-0.2, 0) is 16.8 Å². The highest BCUT2D eigenvalue weighted by Crippen LogP contribution is 2.37. The first-order valence-corrected chi connectivity index (χ1v) is 13.4. The van der Waals surface area contributed by atoms with E-state index in [0.717, 1.165) is 68.8 Å². The predicted molar refractivity (Wildman–Crippen MR) is 145 cm³/mol. The van der Waals surface area contributed by atoms with Crippen LogP contribution in [0.3, 0.4) is 0 Å². The van der Waals surface area contributed by atoms with E-state index in [0.29, 0.717) is 12.5 Å². The van der Waals surface area contributed by atoms with Gasteiger partial charge in [-0.2, -0.15) is 0 Å². The largest absolute Gasteiger partial charge is 0.477 e. The fraction of sp³-hybridized carbons (Fsp3) is 0.433. The van der Waals surface area contributed by atoms with Gasteiger partial charge in [0, 0.05) is 31.5 Å². The summed E-state index contributed by atoms with van der Waals surface area (Å²) in [5.41, 5.74) is 3.37. The van der Waals surface area contributed by atoms with Crippen LogP contribution in [0.1, 0.15) is 37.3 Å². The van der Waals surface area contributed by atoms with Crippen molar-refractivity contribution >= 4 is 5.91 Å². The van der Waals surface area contributed by atoms with E-state index in [1.165, 1.54) is 5.56 Å². The van der Waals surface area contributed by atoms with Gasteiger partial charge >= 0.3 is 0 Å². The number of aromatic nitrogens is 2. The summed E-state index contributed by atoms with van der Waals surface area (Å²) in [6.45, 7) is 7.05. The Morgan fingerprint density at radius 3 is 2.54 bits per heavy atom. The lowest BCUT2D eigenvalue weighted by Gasteiger charge is -2.41. The molecule has 0 aliphatic carbocycles. The third-order valence-electron chi connectivity index (χ3n) is 7.76. The molecule has 1 atom stereocenters. The minimum Gasteiger partial charge on any atom is -0.477 e. The molecule has 7 heteroatoms. The lowest BCUT2D eigenvalue weighted by atomic mass is 9.72. The highest BCUT2D eigenvalue weighted by atomic mass is 16.5. The molecule has 7 nitrogen and oxygen atoms in total. The van der Waals surface area contributed by atoms with Gasteiger partial charge in [-0.25, -0.2) is 4.98 Å². The lowest BCUT2D eigenvalue weighted by molar-refractivity contribution is -0.129. The van der Waals surface area contributed by atoms with Crippen LogP contribution in [-0.4, -0.2) is 71.6 Å². The smallest absolute Gasteiger partial charge is 0.231 e. The normalized spacial score (nSPS) is 20.0. The molecule has 3 aromatic rings. The predicted octanol–water partition coefficient (Wildman–Crippen LogP) is 3.90. The summed E-state index contributed by atoms with van der Waals surface area (Å²) < 4.78 is 5.71. The van der Waals surface area contributed by atoms with Crippen LogP contribution in [0.5, 0.6) is 5.88 Å². The second-order valence-corrected chi connectivity index (χ2v) is 10.3. The third-order valence-corrected chi connectivity index (χ3v) is 7.76. The molecule has 2 aromatic heterocycles. The number of likely N-dealkylation sites (N-methyl/N-ethyl adjacent to an activating group) is 1. The van der Waals surface area contributed by atoms with E-state index in [4.69, 9.17) is 9.72 Å². The Morgan fingerprint density at radius 1 is 1.05 bits per heavy atom. The van der Waals surface area contributed by atoms with Crippen LogP contribution in [0, 0.1) is 0 Å². The molecule has 1 aromatic carbocycles. The summed E-state index contributed by atoms with van der Waals surface area (Å²) in [4.78, 5) is 27.8. The Kier molecular flexibility index (Phi) is 7.82. The summed E-state index contributed by atoms with van der Waals surface area (Å²) in [5.74, 6) is 0.718. The highest BCUT2D eigenvalue weighted by Gasteiger charge is 2.44. The number of rotatable bonds is 8. The van der Waals surface area contributed by atoms with E-state index >= 15 is 0 Å². The molecule has 2 saturated heterocycles. The Labute approximate surface area is 219 Å². The van der Waals surface area contributed by atoms with Gasteiger partial charge in [-0.15, -0.1) is 0 Å². The monoisotopic (exact) mass is 499 g/mol. The lowest BCUT2D eigenvalue weighted by Crippen LogP contribution is -2.54. The molecule has 2 aliphatic rings. The van der Waals surface area contributed by atoms with E-state index in [1.54, 1.807) is 6.20 Å². The Bertz CT molecular complexity index is 1180. The van der Waals surface area contributed by atoms with Crippen molar-refractivity contribution < 1.29 is 9.53 Å². The molecule has 0 unspecified atom stereocenters. The van der Waals surface area contributed by atoms with E-state index in [2.05, 4.69) is 63.5 Å². The molecule has 2 aliphatic heterocycles. The minimum absolute atomic E-state index is 0.137. The molecular formula is C30H37N5O2. The number of nitrogens with one attached hydrogen (secondary N) is 1. The molecule has 0 radical (unpaired) electrons. The standard InChI is InChI=1S/C30H37N5O2/c1-3-37-28-26(10-7-16-31-28)27-12-11-24(20-32-27)30(29(36)33-25-13-17-34(2)22-25)14-18-35(19-15-30)21-23-8-5-4-6-9-23/h4-12,16,20,25H,3,13-15,17-19,21-22H2,1-2H3,(H,33,36)/t25-/m0/s1. The van der Waals surface area contributed by atoms with E-state index in [9.17, 15) is 4.79 Å². The highest BCUT2D eigenvalue weighted by molar-refractivity contribution is 5.88. The van der Waals surface area contributed by atoms with Crippen LogP contribution < -0.4 is 10.1 Å². The fourth-order valence-corrected chi connectivity index (χ4v) is 5.63. The number of ether oxygens (including phenoxy) is 1. The van der Waals surface area contributed by atoms with Gasteiger partial charge in [0.15, 0.2) is 0 Å². The van der Waals surface area contributed by atoms with Gasteiger partial charge in [0.2, 0.25) is 11.8 Å². The Balaban J connectivity index is 1.39. The van der Waals surface area contributed by atoms with Crippen LogP contribution in [0.25, 0.3) is 11.3 Å². The number of carbonyl (C=O) groups is 1. The maximum atomic E-state index is 13.9. The topological polar surface area (TPSA) is 70.6 Å². The van der Waals surface area contributed by atoms with Crippen LogP contribution in [0.2, 0.25) is 0 Å². The van der Waals surface area contributed by atoms with Crippen LogP contribution in [0.15, 0.2) is 67.0 Å². The number of hydrogen-bond donors (Lipinski definition) is 1. The number of hydrogen-bond acceptors (Lipinski definition) is 6. The average Bonchev–Trinajstić information content (AvgIpc) is 3.34. The summed E-state index contributed by atoms with van der Waals surface area (Å²) in [6, 6.07) is 18.7. The van der Waals surface area contributed by atoms with E-state index in [-0.39, 0.29) is 11.9 Å². The zero-order valence-electron chi connectivity index (χ0n) is 21.9. The molecule has 37 heavy (non-hydrogen) atoms. The van der Waals surface area contributed by atoms with Gasteiger partial charge in [-0.1, -0.05) is 36.4 Å². The first kappa shape index (κ1) is 25.4. The van der Waals surface area contributed by atoms with Crippen LogP contribution in [0.4, 0.5) is 0 Å². The van der Waals surface area contributed by atoms with Crippen molar-refractivity contribution in [3.8, 4) is 17.1 Å². The van der Waals surface area contributed by atoms with Gasteiger partial charge in [0.25, 0.3) is 0 Å². The maximum absolute atomic E-state index is 13.9. The van der Waals surface area contributed by atoms with Gasteiger partial charge in [-0.05, 0) is 82.2 Å². The van der Waals surface area contributed by atoms with E-state index in [1.807, 2.05) is 31.3 Å². The summed E-state index contributed by atoms with van der Waals surface area (Å²) in [5, 5.41) is 3.40. The van der Waals surface area contributed by atoms with Crippen molar-refractivity contribution in [1.29, 1.82) is 0 Å². The molecule has 1 N–H and O–H groups in total. The van der Waals surface area contributed by atoms with Gasteiger partial charge in [-0.3, -0.25) is 14.7 Å². The van der Waals surface area contributed by atoms with Crippen LogP contribution >= 0.6 is 0 Å². The summed E-state index contributed by atoms with van der Waals surface area (Å²) in [7, 11) is 2.11. The second-order valence-electron chi connectivity index (χ2n) is 10.3. The van der Waals surface area contributed by atoms with Crippen molar-refractivity contribution in [2.75, 3.05) is 39.8 Å². The Hall–Kier alpha value is -3.29. The number of piperidine rings is 1. The summed E-state index contributed by atoms with van der Waals surface area (Å²) in [6.07, 6.45) is 6.16. The number of amides is 1. The minimum atomic E-state index is -0.586. The molecular weight excluding hydrogens is 462 g/mol. The first-order valence-electron chi connectivity index (χ1n) is 13.4. The maximum Gasteiger partial charge on any atom is 0.231 e. The quantitative estimate of drug-likeness (QED) is 0.507.